The molecule has 0 saturated carbocycles. The Kier molecular flexibility index (Phi) is 3.99. The molecule has 0 bridgehead atoms. The van der Waals surface area contributed by atoms with Crippen molar-refractivity contribution in [3.05, 3.63) is 34.9 Å². The first kappa shape index (κ1) is 12.4. The molecular formula is C12H17ClN3O+. The van der Waals surface area contributed by atoms with Crippen molar-refractivity contribution < 1.29 is 9.80 Å². The summed E-state index contributed by atoms with van der Waals surface area (Å²) in [5, 5.41) is 1.77. The van der Waals surface area contributed by atoms with Gasteiger partial charge in [0.05, 0.1) is 0 Å². The fraction of sp³-hybridized carbons (Fsp3) is 0.417. The van der Waals surface area contributed by atoms with Crippen LogP contribution in [0.2, 0.25) is 5.02 Å². The summed E-state index contributed by atoms with van der Waals surface area (Å²) in [5.74, 6) is -0.0405. The van der Waals surface area contributed by atoms with Crippen LogP contribution in [-0.2, 0) is 0 Å². The third kappa shape index (κ3) is 3.43. The Morgan fingerprint density at radius 1 is 1.29 bits per heavy atom. The second-order valence-electron chi connectivity index (χ2n) is 4.37. The molecule has 0 radical (unpaired) electrons. The molecule has 1 saturated heterocycles. The lowest BCUT2D eigenvalue weighted by molar-refractivity contribution is -0.939. The first-order valence-corrected chi connectivity index (χ1v) is 6.13. The molecule has 1 aliphatic heterocycles. The number of carbonyl (C=O) groups is 1. The van der Waals surface area contributed by atoms with Crippen LogP contribution in [0.4, 0.5) is 0 Å². The number of likely N-dealkylation sites (N-methyl/N-ethyl adjacent to an activating group) is 1. The average molecular weight is 255 g/mol. The van der Waals surface area contributed by atoms with Crippen LogP contribution in [0.1, 0.15) is 10.4 Å². The van der Waals surface area contributed by atoms with Crippen LogP contribution < -0.4 is 10.4 Å². The zero-order valence-corrected chi connectivity index (χ0v) is 10.6. The molecule has 1 heterocycles. The summed E-state index contributed by atoms with van der Waals surface area (Å²) in [6, 6.07) is 6.95. The van der Waals surface area contributed by atoms with Crippen molar-refractivity contribution in [2.75, 3.05) is 33.2 Å². The number of halogens is 1. The molecule has 1 aromatic rings. The molecule has 0 unspecified atom stereocenters. The maximum Gasteiger partial charge on any atom is 0.295 e. The van der Waals surface area contributed by atoms with Crippen LogP contribution in [0, 0.1) is 0 Å². The number of benzene rings is 1. The number of rotatable bonds is 2. The maximum absolute atomic E-state index is 11.9. The fourth-order valence-electron chi connectivity index (χ4n) is 1.85. The Morgan fingerprint density at radius 3 is 2.47 bits per heavy atom. The molecule has 1 aliphatic rings. The third-order valence-electron chi connectivity index (χ3n) is 2.99. The summed E-state index contributed by atoms with van der Waals surface area (Å²) in [7, 11) is 2.10. The van der Waals surface area contributed by atoms with Crippen LogP contribution in [-0.4, -0.2) is 44.0 Å². The summed E-state index contributed by atoms with van der Waals surface area (Å²) in [6.07, 6.45) is 0. The molecular weight excluding hydrogens is 238 g/mol. The van der Waals surface area contributed by atoms with Gasteiger partial charge >= 0.3 is 0 Å². The van der Waals surface area contributed by atoms with Gasteiger partial charge in [0.2, 0.25) is 0 Å². The second-order valence-corrected chi connectivity index (χ2v) is 4.80. The number of nitrogens with zero attached hydrogens (tertiary/aromatic N) is 1. The highest BCUT2D eigenvalue weighted by atomic mass is 35.5. The Bertz CT molecular complexity index is 385. The van der Waals surface area contributed by atoms with Gasteiger partial charge in [0, 0.05) is 23.7 Å². The molecule has 4 nitrogen and oxygen atoms in total. The van der Waals surface area contributed by atoms with E-state index in [0.29, 0.717) is 10.6 Å². The molecule has 5 heteroatoms. The molecule has 0 spiro atoms. The minimum absolute atomic E-state index is 0.0405. The monoisotopic (exact) mass is 254 g/mol. The number of nitrogens with one attached hydrogen (secondary N) is 2. The molecule has 0 aromatic heterocycles. The molecule has 1 aromatic carbocycles. The van der Waals surface area contributed by atoms with E-state index in [2.05, 4.69) is 17.4 Å². The number of carbonyl (C=O) groups excluding carboxylic acids is 1. The molecule has 0 aliphatic carbocycles. The van der Waals surface area contributed by atoms with Crippen molar-refractivity contribution >= 4 is 17.5 Å². The Labute approximate surface area is 106 Å². The van der Waals surface area contributed by atoms with E-state index in [9.17, 15) is 4.79 Å². The average Bonchev–Trinajstić information content (AvgIpc) is 2.33. The summed E-state index contributed by atoms with van der Waals surface area (Å²) in [5.41, 5.74) is 3.64. The predicted octanol–water partition coefficient (Wildman–Crippen LogP) is -0.185. The second kappa shape index (κ2) is 5.49. The lowest BCUT2D eigenvalue weighted by Crippen LogP contribution is -3.21. The maximum atomic E-state index is 11.9. The molecule has 1 amide bonds. The van der Waals surface area contributed by atoms with Crippen molar-refractivity contribution in [1.82, 2.24) is 10.3 Å². The topological polar surface area (TPSA) is 36.8 Å². The number of hydrogen-bond donors (Lipinski definition) is 2. The first-order valence-electron chi connectivity index (χ1n) is 5.75. The number of quaternary nitrogens is 1. The van der Waals surface area contributed by atoms with E-state index in [1.807, 2.05) is 0 Å². The van der Waals surface area contributed by atoms with Gasteiger partial charge in [0.1, 0.15) is 13.1 Å². The van der Waals surface area contributed by atoms with Gasteiger partial charge in [-0.2, -0.15) is 5.43 Å². The van der Waals surface area contributed by atoms with Crippen molar-refractivity contribution in [3.8, 4) is 0 Å². The quantitative estimate of drug-likeness (QED) is 0.768. The number of piperazine rings is 1. The zero-order chi connectivity index (χ0) is 12.3. The SMILES string of the molecule is CN1CC[NH+](NC(=O)c2ccc(Cl)cc2)CC1. The van der Waals surface area contributed by atoms with Gasteiger partial charge in [-0.25, -0.2) is 5.01 Å². The largest absolute Gasteiger partial charge is 0.295 e. The summed E-state index contributed by atoms with van der Waals surface area (Å²) in [6.45, 7) is 3.90. The van der Waals surface area contributed by atoms with Crippen LogP contribution >= 0.6 is 11.6 Å². The minimum Gasteiger partial charge on any atom is -0.295 e. The van der Waals surface area contributed by atoms with Crippen molar-refractivity contribution in [1.29, 1.82) is 0 Å². The van der Waals surface area contributed by atoms with Gasteiger partial charge in [-0.1, -0.05) is 11.6 Å². The van der Waals surface area contributed by atoms with E-state index in [1.54, 1.807) is 24.3 Å². The first-order chi connectivity index (χ1) is 8.15. The van der Waals surface area contributed by atoms with Gasteiger partial charge in [0.15, 0.2) is 0 Å². The van der Waals surface area contributed by atoms with Gasteiger partial charge in [0.25, 0.3) is 5.91 Å². The van der Waals surface area contributed by atoms with Crippen LogP contribution in [0.25, 0.3) is 0 Å². The van der Waals surface area contributed by atoms with Gasteiger partial charge in [-0.05, 0) is 31.3 Å². The van der Waals surface area contributed by atoms with Crippen molar-refractivity contribution in [3.63, 3.8) is 0 Å². The molecule has 17 heavy (non-hydrogen) atoms. The summed E-state index contributed by atoms with van der Waals surface area (Å²) in [4.78, 5) is 14.2. The molecule has 2 N–H and O–H groups in total. The standard InChI is InChI=1S/C12H16ClN3O/c1-15-6-8-16(9-7-15)14-12(17)10-2-4-11(13)5-3-10/h2-5H,6-9H2,1H3,(H,14,17)/p+1. The van der Waals surface area contributed by atoms with E-state index >= 15 is 0 Å². The lowest BCUT2D eigenvalue weighted by atomic mass is 10.2. The Balaban J connectivity index is 1.91. The molecule has 2 rings (SSSR count). The van der Waals surface area contributed by atoms with Crippen LogP contribution in [0.5, 0.6) is 0 Å². The Hall–Kier alpha value is -1.10. The molecule has 1 fully saturated rings. The van der Waals surface area contributed by atoms with E-state index in [0.717, 1.165) is 31.2 Å². The highest BCUT2D eigenvalue weighted by Crippen LogP contribution is 2.08. The Morgan fingerprint density at radius 2 is 1.88 bits per heavy atom. The van der Waals surface area contributed by atoms with E-state index in [-0.39, 0.29) is 5.91 Å². The van der Waals surface area contributed by atoms with Gasteiger partial charge in [-0.15, -0.1) is 0 Å². The number of hydrogen-bond acceptors (Lipinski definition) is 2. The highest BCUT2D eigenvalue weighted by molar-refractivity contribution is 6.30. The van der Waals surface area contributed by atoms with Gasteiger partial charge in [-0.3, -0.25) is 9.69 Å². The van der Waals surface area contributed by atoms with Crippen molar-refractivity contribution in [2.45, 2.75) is 0 Å². The third-order valence-corrected chi connectivity index (χ3v) is 3.24. The van der Waals surface area contributed by atoms with Gasteiger partial charge < -0.3 is 0 Å². The summed E-state index contributed by atoms with van der Waals surface area (Å²) >= 11 is 5.78. The van der Waals surface area contributed by atoms with E-state index < -0.39 is 0 Å². The van der Waals surface area contributed by atoms with Crippen LogP contribution in [0.15, 0.2) is 24.3 Å². The van der Waals surface area contributed by atoms with Crippen molar-refractivity contribution in [2.24, 2.45) is 0 Å². The molecule has 92 valence electrons. The minimum atomic E-state index is -0.0405. The normalized spacial score (nSPS) is 18.0. The van der Waals surface area contributed by atoms with Crippen LogP contribution in [0.3, 0.4) is 0 Å². The lowest BCUT2D eigenvalue weighted by Gasteiger charge is -2.28. The number of amides is 1. The summed E-state index contributed by atoms with van der Waals surface area (Å²) < 4.78 is 0. The highest BCUT2D eigenvalue weighted by Gasteiger charge is 2.19. The smallest absolute Gasteiger partial charge is 0.295 e. The molecule has 0 atom stereocenters. The fourth-order valence-corrected chi connectivity index (χ4v) is 1.97. The van der Waals surface area contributed by atoms with E-state index in [4.69, 9.17) is 11.6 Å². The van der Waals surface area contributed by atoms with E-state index in [1.165, 1.54) is 0 Å². The predicted molar refractivity (Wildman–Crippen MR) is 67.1 cm³/mol. The zero-order valence-electron chi connectivity index (χ0n) is 9.87.